The highest BCUT2D eigenvalue weighted by molar-refractivity contribution is 7.15. The summed E-state index contributed by atoms with van der Waals surface area (Å²) < 4.78 is 0. The molecule has 0 radical (unpaired) electrons. The van der Waals surface area contributed by atoms with Gasteiger partial charge in [-0.15, -0.1) is 22.5 Å². The van der Waals surface area contributed by atoms with Gasteiger partial charge >= 0.3 is 0 Å². The molecule has 0 aliphatic carbocycles. The summed E-state index contributed by atoms with van der Waals surface area (Å²) in [6.07, 6.45) is 6.58. The third-order valence-corrected chi connectivity index (χ3v) is 3.44. The Labute approximate surface area is 92.3 Å². The van der Waals surface area contributed by atoms with E-state index in [0.717, 1.165) is 11.4 Å². The van der Waals surface area contributed by atoms with Crippen molar-refractivity contribution in [3.8, 4) is 12.3 Å². The van der Waals surface area contributed by atoms with Crippen molar-refractivity contribution in [1.29, 1.82) is 0 Å². The molecule has 1 fully saturated rings. The van der Waals surface area contributed by atoms with Crippen molar-refractivity contribution in [2.45, 2.75) is 19.8 Å². The second kappa shape index (κ2) is 3.99. The van der Waals surface area contributed by atoms with Crippen LogP contribution in [0.5, 0.6) is 0 Å². The average Bonchev–Trinajstić information content (AvgIpc) is 2.83. The van der Waals surface area contributed by atoms with Crippen LogP contribution in [0.4, 0.5) is 5.13 Å². The standard InChI is InChI=1S/C10H11N3OS/c1-3-7-5-9(14)13(6-7)10-12-11-8(4-2)15-10/h1,7H,4-6H2,2H3. The summed E-state index contributed by atoms with van der Waals surface area (Å²) in [4.78, 5) is 13.3. The van der Waals surface area contributed by atoms with Crippen LogP contribution in [0.2, 0.25) is 0 Å². The van der Waals surface area contributed by atoms with Gasteiger partial charge in [-0.25, -0.2) is 0 Å². The minimum atomic E-state index is 0.0199. The quantitative estimate of drug-likeness (QED) is 0.702. The molecule has 0 saturated carbocycles. The molecule has 1 aliphatic heterocycles. The minimum absolute atomic E-state index is 0.0199. The fourth-order valence-corrected chi connectivity index (χ4v) is 2.31. The predicted molar refractivity (Wildman–Crippen MR) is 58.6 cm³/mol. The van der Waals surface area contributed by atoms with Crippen molar-refractivity contribution in [3.05, 3.63) is 5.01 Å². The molecule has 0 N–H and O–H groups in total. The molecule has 15 heavy (non-hydrogen) atoms. The molecule has 0 aromatic carbocycles. The van der Waals surface area contributed by atoms with Crippen LogP contribution >= 0.6 is 11.3 Å². The van der Waals surface area contributed by atoms with Gasteiger partial charge in [0.1, 0.15) is 5.01 Å². The van der Waals surface area contributed by atoms with Gasteiger partial charge < -0.3 is 0 Å². The summed E-state index contributed by atoms with van der Waals surface area (Å²) in [7, 11) is 0. The Morgan fingerprint density at radius 1 is 1.67 bits per heavy atom. The molecule has 5 heteroatoms. The topological polar surface area (TPSA) is 46.1 Å². The fourth-order valence-electron chi connectivity index (χ4n) is 1.50. The first-order chi connectivity index (χ1) is 7.24. The molecule has 1 aromatic rings. The first kappa shape index (κ1) is 10.1. The number of anilines is 1. The van der Waals surface area contributed by atoms with E-state index in [2.05, 4.69) is 16.1 Å². The number of aryl methyl sites for hydroxylation is 1. The maximum atomic E-state index is 11.6. The molecular formula is C10H11N3OS. The number of carbonyl (C=O) groups excluding carboxylic acids is 1. The van der Waals surface area contributed by atoms with Crippen LogP contribution < -0.4 is 4.90 Å². The van der Waals surface area contributed by atoms with Crippen LogP contribution in [0.1, 0.15) is 18.4 Å². The summed E-state index contributed by atoms with van der Waals surface area (Å²) in [6.45, 7) is 2.59. The molecule has 1 aliphatic rings. The normalized spacial score (nSPS) is 20.7. The number of aromatic nitrogens is 2. The van der Waals surface area contributed by atoms with E-state index in [9.17, 15) is 4.79 Å². The molecule has 78 valence electrons. The summed E-state index contributed by atoms with van der Waals surface area (Å²) in [5, 5.41) is 9.60. The van der Waals surface area contributed by atoms with Gasteiger partial charge in [-0.2, -0.15) is 0 Å². The zero-order valence-electron chi connectivity index (χ0n) is 8.43. The largest absolute Gasteiger partial charge is 0.285 e. The maximum absolute atomic E-state index is 11.6. The molecule has 4 nitrogen and oxygen atoms in total. The van der Waals surface area contributed by atoms with Gasteiger partial charge in [0, 0.05) is 18.9 Å². The number of carbonyl (C=O) groups is 1. The molecule has 2 rings (SSSR count). The van der Waals surface area contributed by atoms with Crippen molar-refractivity contribution in [3.63, 3.8) is 0 Å². The Balaban J connectivity index is 2.18. The van der Waals surface area contributed by atoms with Crippen LogP contribution in [-0.4, -0.2) is 22.6 Å². The maximum Gasteiger partial charge on any atom is 0.230 e. The Hall–Kier alpha value is -1.41. The van der Waals surface area contributed by atoms with Crippen LogP contribution in [0.15, 0.2) is 0 Å². The van der Waals surface area contributed by atoms with E-state index in [1.807, 2.05) is 6.92 Å². The number of hydrogen-bond donors (Lipinski definition) is 0. The molecular weight excluding hydrogens is 210 g/mol. The summed E-state index contributed by atoms with van der Waals surface area (Å²) in [5.41, 5.74) is 0. The summed E-state index contributed by atoms with van der Waals surface area (Å²) in [6, 6.07) is 0. The lowest BCUT2D eigenvalue weighted by atomic mass is 10.1. The van der Waals surface area contributed by atoms with Gasteiger partial charge in [0.25, 0.3) is 0 Å². The zero-order chi connectivity index (χ0) is 10.8. The monoisotopic (exact) mass is 221 g/mol. The van der Waals surface area contributed by atoms with Gasteiger partial charge in [-0.1, -0.05) is 18.3 Å². The minimum Gasteiger partial charge on any atom is -0.285 e. The Morgan fingerprint density at radius 3 is 3.00 bits per heavy atom. The fraction of sp³-hybridized carbons (Fsp3) is 0.500. The molecule has 0 bridgehead atoms. The van der Waals surface area contributed by atoms with Crippen molar-refractivity contribution in [2.24, 2.45) is 5.92 Å². The Bertz CT molecular complexity index is 421. The van der Waals surface area contributed by atoms with E-state index in [-0.39, 0.29) is 11.8 Å². The number of rotatable bonds is 2. The van der Waals surface area contributed by atoms with Crippen molar-refractivity contribution < 1.29 is 4.79 Å². The number of terminal acetylenes is 1. The lowest BCUT2D eigenvalue weighted by molar-refractivity contribution is -0.117. The molecule has 1 saturated heterocycles. The van der Waals surface area contributed by atoms with Crippen LogP contribution in [0.25, 0.3) is 0 Å². The number of amides is 1. The third-order valence-electron chi connectivity index (χ3n) is 2.35. The predicted octanol–water partition coefficient (Wildman–Crippen LogP) is 1.09. The summed E-state index contributed by atoms with van der Waals surface area (Å²) >= 11 is 1.46. The zero-order valence-corrected chi connectivity index (χ0v) is 9.25. The lowest BCUT2D eigenvalue weighted by Gasteiger charge is -2.09. The Kier molecular flexibility index (Phi) is 2.69. The number of hydrogen-bond acceptors (Lipinski definition) is 4. The van der Waals surface area contributed by atoms with Crippen LogP contribution in [0, 0.1) is 18.3 Å². The molecule has 1 amide bonds. The van der Waals surface area contributed by atoms with E-state index >= 15 is 0 Å². The second-order valence-corrected chi connectivity index (χ2v) is 4.44. The van der Waals surface area contributed by atoms with Crippen molar-refractivity contribution in [2.75, 3.05) is 11.4 Å². The molecule has 1 aromatic heterocycles. The molecule has 0 spiro atoms. The van der Waals surface area contributed by atoms with Gasteiger partial charge in [-0.3, -0.25) is 9.69 Å². The summed E-state index contributed by atoms with van der Waals surface area (Å²) in [5.74, 6) is 2.68. The first-order valence-corrected chi connectivity index (χ1v) is 5.65. The van der Waals surface area contributed by atoms with Crippen molar-refractivity contribution in [1.82, 2.24) is 10.2 Å². The van der Waals surface area contributed by atoms with E-state index in [1.165, 1.54) is 11.3 Å². The highest BCUT2D eigenvalue weighted by Crippen LogP contribution is 2.27. The van der Waals surface area contributed by atoms with E-state index < -0.39 is 0 Å². The average molecular weight is 221 g/mol. The lowest BCUT2D eigenvalue weighted by Crippen LogP contribution is -2.24. The highest BCUT2D eigenvalue weighted by Gasteiger charge is 2.31. The first-order valence-electron chi connectivity index (χ1n) is 4.83. The van der Waals surface area contributed by atoms with E-state index in [1.54, 1.807) is 4.90 Å². The van der Waals surface area contributed by atoms with Gasteiger partial charge in [0.2, 0.25) is 11.0 Å². The smallest absolute Gasteiger partial charge is 0.230 e. The van der Waals surface area contributed by atoms with E-state index in [4.69, 9.17) is 6.42 Å². The van der Waals surface area contributed by atoms with E-state index in [0.29, 0.717) is 18.1 Å². The molecule has 2 heterocycles. The highest BCUT2D eigenvalue weighted by atomic mass is 32.1. The van der Waals surface area contributed by atoms with Gasteiger partial charge in [-0.05, 0) is 6.42 Å². The molecule has 1 unspecified atom stereocenters. The Morgan fingerprint density at radius 2 is 2.47 bits per heavy atom. The van der Waals surface area contributed by atoms with Crippen LogP contribution in [0.3, 0.4) is 0 Å². The second-order valence-electron chi connectivity index (χ2n) is 3.40. The number of nitrogens with zero attached hydrogens (tertiary/aromatic N) is 3. The molecule has 1 atom stereocenters. The van der Waals surface area contributed by atoms with Crippen LogP contribution in [-0.2, 0) is 11.2 Å². The SMILES string of the molecule is C#CC1CC(=O)N(c2nnc(CC)s2)C1. The van der Waals surface area contributed by atoms with Crippen molar-refractivity contribution >= 4 is 22.4 Å². The third kappa shape index (κ3) is 1.85. The van der Waals surface area contributed by atoms with Gasteiger partial charge in [0.15, 0.2) is 0 Å². The van der Waals surface area contributed by atoms with Gasteiger partial charge in [0.05, 0.1) is 0 Å².